The number of anilines is 2. The van der Waals surface area contributed by atoms with Crippen molar-refractivity contribution >= 4 is 97.1 Å². The number of amides is 2. The number of nitrogens with zero attached hydrogens (tertiary/aromatic N) is 2. The van der Waals surface area contributed by atoms with E-state index < -0.39 is 18.7 Å². The molecule has 0 unspecified atom stereocenters. The number of phenolic OH excluding ortho intramolecular Hbond substituents is 1. The predicted molar refractivity (Wildman–Crippen MR) is 178 cm³/mol. The van der Waals surface area contributed by atoms with Gasteiger partial charge in [0.2, 0.25) is 11.8 Å². The highest BCUT2D eigenvalue weighted by Crippen LogP contribution is 2.75. The van der Waals surface area contributed by atoms with Crippen molar-refractivity contribution in [3.05, 3.63) is 45.1 Å². The topological polar surface area (TPSA) is 128 Å². The molecule has 5 aliphatic rings. The molecule has 0 radical (unpaired) electrons. The molecule has 2 amide bonds. The lowest BCUT2D eigenvalue weighted by Gasteiger charge is -2.69. The second-order valence-corrected chi connectivity index (χ2v) is 16.6. The van der Waals surface area contributed by atoms with Crippen LogP contribution in [0.1, 0.15) is 53.4 Å². The number of hydrogen-bond donors (Lipinski definition) is 3. The molecule has 45 heavy (non-hydrogen) atoms. The molecule has 9 nitrogen and oxygen atoms in total. The van der Waals surface area contributed by atoms with Crippen LogP contribution in [-0.4, -0.2) is 51.6 Å². The fourth-order valence-electron chi connectivity index (χ4n) is 8.46. The second kappa shape index (κ2) is 9.83. The zero-order chi connectivity index (χ0) is 31.8. The van der Waals surface area contributed by atoms with Crippen molar-refractivity contribution in [3.8, 4) is 11.5 Å². The third kappa shape index (κ3) is 4.08. The highest BCUT2D eigenvalue weighted by molar-refractivity contribution is 7.46. The minimum Gasteiger partial charge on any atom is -0.506 e. The van der Waals surface area contributed by atoms with E-state index in [4.69, 9.17) is 27.7 Å². The summed E-state index contributed by atoms with van der Waals surface area (Å²) in [7, 11) is -4.86. The molecule has 9 rings (SSSR count). The molecule has 3 aliphatic carbocycles. The van der Waals surface area contributed by atoms with Crippen LogP contribution in [0.15, 0.2) is 22.9 Å². The van der Waals surface area contributed by atoms with Crippen LogP contribution in [0.3, 0.4) is 0 Å². The summed E-state index contributed by atoms with van der Waals surface area (Å²) in [6.45, 7) is 4.70. The number of carbonyl (C=O) groups is 2. The van der Waals surface area contributed by atoms with Gasteiger partial charge in [0, 0.05) is 59.6 Å². The highest BCUT2D eigenvalue weighted by Gasteiger charge is 2.76. The van der Waals surface area contributed by atoms with Gasteiger partial charge in [-0.25, -0.2) is 4.57 Å². The maximum Gasteiger partial charge on any atom is 0.524 e. The van der Waals surface area contributed by atoms with Crippen molar-refractivity contribution in [2.75, 3.05) is 34.6 Å². The number of alkyl halides is 2. The van der Waals surface area contributed by atoms with Crippen LogP contribution in [0.5, 0.6) is 11.5 Å². The van der Waals surface area contributed by atoms with E-state index in [9.17, 15) is 29.0 Å². The van der Waals surface area contributed by atoms with Crippen LogP contribution >= 0.6 is 53.7 Å². The van der Waals surface area contributed by atoms with Crippen LogP contribution in [0.2, 0.25) is 0 Å². The number of aryl methyl sites for hydroxylation is 2. The molecule has 2 aromatic heterocycles. The standard InChI is InChI=1S/C31H29Cl2N2O7PS2/c1-14-9-44-26-20(36)3-18-24(22(14)26)16(5-32)7-34(18)28(37)30-11-31(12-30,13-30)29(38)35-8-17(6-33)25-19(35)4-21(42-43(39,40)41)27-23(25)15(2)10-45-27/h3-4,9-10,16-17,36H,5-8,11-13H2,1-2H3,(H2,39,40,41)/t16-,17-,30?,31?/m1/s1. The number of fused-ring (bicyclic) bond motifs is 6. The third-order valence-corrected chi connectivity index (χ3v) is 13.7. The summed E-state index contributed by atoms with van der Waals surface area (Å²) < 4.78 is 18.4. The lowest BCUT2D eigenvalue weighted by Crippen LogP contribution is -2.73. The van der Waals surface area contributed by atoms with Crippen LogP contribution in [0, 0.1) is 24.7 Å². The number of aromatic hydroxyl groups is 1. The molecule has 2 atom stereocenters. The van der Waals surface area contributed by atoms with Crippen molar-refractivity contribution in [1.82, 2.24) is 0 Å². The lowest BCUT2D eigenvalue weighted by atomic mass is 9.34. The fraction of sp³-hybridized carbons (Fsp3) is 0.419. The Morgan fingerprint density at radius 1 is 0.889 bits per heavy atom. The summed E-state index contributed by atoms with van der Waals surface area (Å²) in [5.74, 6) is 0.453. The molecule has 2 aromatic carbocycles. The first-order valence-electron chi connectivity index (χ1n) is 14.6. The summed E-state index contributed by atoms with van der Waals surface area (Å²) in [6, 6.07) is 3.24. The van der Waals surface area contributed by atoms with E-state index in [2.05, 4.69) is 0 Å². The van der Waals surface area contributed by atoms with E-state index in [1.54, 1.807) is 21.9 Å². The molecule has 4 heterocycles. The van der Waals surface area contributed by atoms with Gasteiger partial charge in [0.25, 0.3) is 0 Å². The van der Waals surface area contributed by atoms with Gasteiger partial charge in [0.1, 0.15) is 5.75 Å². The predicted octanol–water partition coefficient (Wildman–Crippen LogP) is 7.12. The SMILES string of the molecule is Cc1csc2c(O)cc3c(c12)[C@H](CCl)CN3C(=O)C12CC(C(=O)N3C[C@@H](CCl)c4c3cc(OP(=O)(O)O)c3scc(C)c43)(C1)C2. The number of benzene rings is 2. The van der Waals surface area contributed by atoms with E-state index in [-0.39, 0.29) is 41.0 Å². The number of phenols is 1. The largest absolute Gasteiger partial charge is 0.524 e. The number of halogens is 2. The van der Waals surface area contributed by atoms with Gasteiger partial charge >= 0.3 is 7.82 Å². The summed E-state index contributed by atoms with van der Waals surface area (Å²) in [4.78, 5) is 51.1. The highest BCUT2D eigenvalue weighted by atomic mass is 35.5. The van der Waals surface area contributed by atoms with E-state index in [0.717, 1.165) is 37.7 Å². The smallest absolute Gasteiger partial charge is 0.506 e. The molecule has 0 spiro atoms. The minimum absolute atomic E-state index is 0.0345. The zero-order valence-electron chi connectivity index (χ0n) is 24.3. The molecule has 14 heteroatoms. The van der Waals surface area contributed by atoms with E-state index in [1.807, 2.05) is 24.6 Å². The van der Waals surface area contributed by atoms with Crippen LogP contribution in [-0.2, 0) is 14.2 Å². The van der Waals surface area contributed by atoms with Crippen LogP contribution in [0.25, 0.3) is 20.2 Å². The molecule has 3 fully saturated rings. The summed E-state index contributed by atoms with van der Waals surface area (Å²) >= 11 is 15.7. The van der Waals surface area contributed by atoms with Crippen molar-refractivity contribution < 1.29 is 33.6 Å². The molecule has 3 N–H and O–H groups in total. The number of phosphoric acid groups is 1. The Morgan fingerprint density at radius 2 is 1.36 bits per heavy atom. The van der Waals surface area contributed by atoms with Gasteiger partial charge in [0.15, 0.2) is 5.75 Å². The van der Waals surface area contributed by atoms with Crippen molar-refractivity contribution in [1.29, 1.82) is 0 Å². The summed E-state index contributed by atoms with van der Waals surface area (Å²) in [6.07, 6.45) is 1.26. The Hall–Kier alpha value is -2.37. The van der Waals surface area contributed by atoms with E-state index >= 15 is 0 Å². The molecular formula is C31H29Cl2N2O7PS2. The molecule has 4 aromatic rings. The van der Waals surface area contributed by atoms with Gasteiger partial charge in [-0.05, 0) is 66.1 Å². The Bertz CT molecular complexity index is 2020. The molecule has 236 valence electrons. The van der Waals surface area contributed by atoms with Gasteiger partial charge in [-0.1, -0.05) is 0 Å². The number of carbonyl (C=O) groups excluding carboxylic acids is 2. The Kier molecular flexibility index (Phi) is 6.55. The maximum absolute atomic E-state index is 14.3. The quantitative estimate of drug-likeness (QED) is 0.144. The van der Waals surface area contributed by atoms with Gasteiger partial charge in [-0.2, -0.15) is 0 Å². The lowest BCUT2D eigenvalue weighted by molar-refractivity contribution is -0.204. The normalized spacial score (nSPS) is 26.6. The fourth-order valence-corrected chi connectivity index (χ4v) is 11.4. The molecule has 3 saturated carbocycles. The van der Waals surface area contributed by atoms with E-state index in [1.165, 1.54) is 22.7 Å². The first-order valence-corrected chi connectivity index (χ1v) is 19.0. The molecule has 2 aliphatic heterocycles. The summed E-state index contributed by atoms with van der Waals surface area (Å²) in [5, 5.41) is 16.5. The van der Waals surface area contributed by atoms with Crippen molar-refractivity contribution in [2.24, 2.45) is 10.8 Å². The minimum atomic E-state index is -4.86. The maximum atomic E-state index is 14.3. The second-order valence-electron chi connectivity index (χ2n) is 13.1. The van der Waals surface area contributed by atoms with Crippen molar-refractivity contribution in [2.45, 2.75) is 44.9 Å². The van der Waals surface area contributed by atoms with Gasteiger partial charge in [-0.15, -0.1) is 45.9 Å². The third-order valence-electron chi connectivity index (χ3n) is 10.3. The van der Waals surface area contributed by atoms with Gasteiger partial charge in [-0.3, -0.25) is 19.4 Å². The average Bonchev–Trinajstić information content (AvgIpc) is 3.69. The number of hydrogen-bond acceptors (Lipinski definition) is 7. The van der Waals surface area contributed by atoms with Gasteiger partial charge < -0.3 is 19.4 Å². The van der Waals surface area contributed by atoms with Crippen LogP contribution in [0.4, 0.5) is 11.4 Å². The first-order chi connectivity index (χ1) is 21.3. The summed E-state index contributed by atoms with van der Waals surface area (Å²) in [5.41, 5.74) is 3.77. The first kappa shape index (κ1) is 30.0. The Balaban J connectivity index is 1.10. The molecule has 0 saturated heterocycles. The van der Waals surface area contributed by atoms with E-state index in [0.29, 0.717) is 54.3 Å². The van der Waals surface area contributed by atoms with Crippen LogP contribution < -0.4 is 14.3 Å². The monoisotopic (exact) mass is 706 g/mol. The van der Waals surface area contributed by atoms with Gasteiger partial charge in [0.05, 0.1) is 31.6 Å². The Morgan fingerprint density at radius 3 is 1.84 bits per heavy atom. The number of phosphoric ester groups is 1. The number of rotatable bonds is 6. The Labute approximate surface area is 276 Å². The average molecular weight is 708 g/mol. The molecular weight excluding hydrogens is 678 g/mol. The zero-order valence-corrected chi connectivity index (χ0v) is 28.3. The van der Waals surface area contributed by atoms with Crippen molar-refractivity contribution in [3.63, 3.8) is 0 Å². The molecule has 2 bridgehead atoms. The number of thiophene rings is 2.